The zero-order chi connectivity index (χ0) is 19.7. The third-order valence-electron chi connectivity index (χ3n) is 4.69. The fourth-order valence-electron chi connectivity index (χ4n) is 3.43. The molecular formula is C23H16ClNO3. The number of carbonyl (C=O) groups excluding carboxylic acids is 2. The maximum Gasteiger partial charge on any atom is 0.300 e. The van der Waals surface area contributed by atoms with E-state index >= 15 is 0 Å². The first kappa shape index (κ1) is 18.0. The monoisotopic (exact) mass is 389 g/mol. The normalized spacial score (nSPS) is 18.5. The maximum absolute atomic E-state index is 12.9. The summed E-state index contributed by atoms with van der Waals surface area (Å²) in [6, 6.07) is 23.9. The van der Waals surface area contributed by atoms with Crippen molar-refractivity contribution in [1.82, 2.24) is 0 Å². The lowest BCUT2D eigenvalue weighted by molar-refractivity contribution is -0.132. The first-order chi connectivity index (χ1) is 13.6. The number of nitrogens with zero attached hydrogens (tertiary/aromatic N) is 1. The van der Waals surface area contributed by atoms with E-state index in [1.807, 2.05) is 36.4 Å². The number of Topliss-reactive ketones (excluding diaryl/α,β-unsaturated/α-hetero) is 1. The lowest BCUT2D eigenvalue weighted by Gasteiger charge is -2.25. The molecule has 0 radical (unpaired) electrons. The van der Waals surface area contributed by atoms with Crippen LogP contribution >= 0.6 is 11.6 Å². The van der Waals surface area contributed by atoms with Crippen LogP contribution in [0.1, 0.15) is 17.2 Å². The van der Waals surface area contributed by atoms with Gasteiger partial charge in [-0.25, -0.2) is 0 Å². The maximum atomic E-state index is 12.9. The van der Waals surface area contributed by atoms with E-state index in [2.05, 4.69) is 0 Å². The standard InChI is InChI=1S/C23H16ClNO3/c24-17-12-7-13-18(14-17)25-20(15-8-3-1-4-9-15)19(22(27)23(25)28)21(26)16-10-5-2-6-11-16/h1-14,20,26H/t20-/m0/s1. The van der Waals surface area contributed by atoms with E-state index in [0.29, 0.717) is 16.3 Å². The molecule has 4 nitrogen and oxygen atoms in total. The molecule has 3 aromatic rings. The molecule has 0 unspecified atom stereocenters. The van der Waals surface area contributed by atoms with Gasteiger partial charge in [-0.3, -0.25) is 14.5 Å². The predicted octanol–water partition coefficient (Wildman–Crippen LogP) is 4.97. The second-order valence-electron chi connectivity index (χ2n) is 6.43. The predicted molar refractivity (Wildman–Crippen MR) is 109 cm³/mol. The van der Waals surface area contributed by atoms with Crippen LogP contribution in [0.2, 0.25) is 5.02 Å². The molecule has 5 heteroatoms. The van der Waals surface area contributed by atoms with Crippen LogP contribution in [-0.2, 0) is 9.59 Å². The molecule has 1 fully saturated rings. The Balaban J connectivity index is 1.95. The van der Waals surface area contributed by atoms with Gasteiger partial charge < -0.3 is 5.11 Å². The Morgan fingerprint density at radius 1 is 0.857 bits per heavy atom. The van der Waals surface area contributed by atoms with Crippen molar-refractivity contribution in [2.75, 3.05) is 4.90 Å². The molecule has 0 bridgehead atoms. The van der Waals surface area contributed by atoms with Crippen LogP contribution in [0.25, 0.3) is 5.76 Å². The van der Waals surface area contributed by atoms with Crippen molar-refractivity contribution in [2.24, 2.45) is 0 Å². The van der Waals surface area contributed by atoms with Crippen LogP contribution < -0.4 is 4.90 Å². The summed E-state index contributed by atoms with van der Waals surface area (Å²) in [5.41, 5.74) is 1.75. The van der Waals surface area contributed by atoms with E-state index in [1.165, 1.54) is 4.90 Å². The number of aliphatic hydroxyl groups is 1. The smallest absolute Gasteiger partial charge is 0.300 e. The van der Waals surface area contributed by atoms with E-state index in [4.69, 9.17) is 11.6 Å². The third kappa shape index (κ3) is 3.08. The zero-order valence-electron chi connectivity index (χ0n) is 14.7. The summed E-state index contributed by atoms with van der Waals surface area (Å²) in [7, 11) is 0. The highest BCUT2D eigenvalue weighted by atomic mass is 35.5. The van der Waals surface area contributed by atoms with Crippen molar-refractivity contribution in [3.63, 3.8) is 0 Å². The molecule has 4 rings (SSSR count). The molecule has 0 saturated carbocycles. The number of benzene rings is 3. The van der Waals surface area contributed by atoms with E-state index in [1.54, 1.807) is 48.5 Å². The van der Waals surface area contributed by atoms with Gasteiger partial charge in [0.25, 0.3) is 11.7 Å². The van der Waals surface area contributed by atoms with Crippen molar-refractivity contribution in [2.45, 2.75) is 6.04 Å². The summed E-state index contributed by atoms with van der Waals surface area (Å²) < 4.78 is 0. The summed E-state index contributed by atoms with van der Waals surface area (Å²) in [5.74, 6) is -1.62. The number of hydrogen-bond acceptors (Lipinski definition) is 3. The van der Waals surface area contributed by atoms with Crippen molar-refractivity contribution in [3.05, 3.63) is 107 Å². The first-order valence-electron chi connectivity index (χ1n) is 8.75. The third-order valence-corrected chi connectivity index (χ3v) is 4.93. The minimum absolute atomic E-state index is 0.0578. The van der Waals surface area contributed by atoms with Crippen LogP contribution in [0.15, 0.2) is 90.5 Å². The highest BCUT2D eigenvalue weighted by Crippen LogP contribution is 2.42. The lowest BCUT2D eigenvalue weighted by Crippen LogP contribution is -2.29. The Hall–Kier alpha value is -3.37. The van der Waals surface area contributed by atoms with Gasteiger partial charge in [-0.2, -0.15) is 0 Å². The quantitative estimate of drug-likeness (QED) is 0.391. The van der Waals surface area contributed by atoms with Crippen molar-refractivity contribution < 1.29 is 14.7 Å². The number of anilines is 1. The minimum atomic E-state index is -0.750. The van der Waals surface area contributed by atoms with Crippen molar-refractivity contribution >= 4 is 34.7 Å². The van der Waals surface area contributed by atoms with E-state index in [0.717, 1.165) is 5.56 Å². The Labute approximate surface area is 167 Å². The molecule has 1 amide bonds. The fraction of sp³-hybridized carbons (Fsp3) is 0.0435. The van der Waals surface area contributed by atoms with E-state index in [9.17, 15) is 14.7 Å². The molecule has 0 aromatic heterocycles. The van der Waals surface area contributed by atoms with Gasteiger partial charge >= 0.3 is 0 Å². The summed E-state index contributed by atoms with van der Waals surface area (Å²) in [6.45, 7) is 0. The minimum Gasteiger partial charge on any atom is -0.507 e. The highest BCUT2D eigenvalue weighted by Gasteiger charge is 2.46. The van der Waals surface area contributed by atoms with Crippen LogP contribution in [0, 0.1) is 0 Å². The SMILES string of the molecule is O=C1C(=O)N(c2cccc(Cl)c2)[C@@H](c2ccccc2)C1=C(O)c1ccccc1. The highest BCUT2D eigenvalue weighted by molar-refractivity contribution is 6.51. The number of ketones is 1. The van der Waals surface area contributed by atoms with Gasteiger partial charge in [0.1, 0.15) is 5.76 Å². The molecule has 1 heterocycles. The number of halogens is 1. The number of amides is 1. The Morgan fingerprint density at radius 3 is 2.14 bits per heavy atom. The van der Waals surface area contributed by atoms with Gasteiger partial charge in [-0.15, -0.1) is 0 Å². The molecular weight excluding hydrogens is 374 g/mol. The van der Waals surface area contributed by atoms with Gasteiger partial charge in [-0.1, -0.05) is 78.3 Å². The van der Waals surface area contributed by atoms with E-state index in [-0.39, 0.29) is 11.3 Å². The average Bonchev–Trinajstić information content (AvgIpc) is 3.00. The first-order valence-corrected chi connectivity index (χ1v) is 9.12. The van der Waals surface area contributed by atoms with Crippen molar-refractivity contribution in [1.29, 1.82) is 0 Å². The zero-order valence-corrected chi connectivity index (χ0v) is 15.5. The van der Waals surface area contributed by atoms with E-state index < -0.39 is 17.7 Å². The number of carbonyl (C=O) groups is 2. The Bertz CT molecular complexity index is 1080. The number of hydrogen-bond donors (Lipinski definition) is 1. The molecule has 1 N–H and O–H groups in total. The lowest BCUT2D eigenvalue weighted by atomic mass is 9.95. The second kappa shape index (κ2) is 7.33. The second-order valence-corrected chi connectivity index (χ2v) is 6.86. The van der Waals surface area contributed by atoms with Crippen LogP contribution in [0.3, 0.4) is 0 Å². The molecule has 138 valence electrons. The van der Waals surface area contributed by atoms with Gasteiger partial charge in [0.2, 0.25) is 0 Å². The topological polar surface area (TPSA) is 57.6 Å². The Morgan fingerprint density at radius 2 is 1.50 bits per heavy atom. The van der Waals surface area contributed by atoms with Crippen LogP contribution in [-0.4, -0.2) is 16.8 Å². The molecule has 1 aliphatic heterocycles. The molecule has 1 atom stereocenters. The molecule has 0 aliphatic carbocycles. The van der Waals surface area contributed by atoms with Crippen LogP contribution in [0.4, 0.5) is 5.69 Å². The largest absolute Gasteiger partial charge is 0.507 e. The molecule has 3 aromatic carbocycles. The Kier molecular flexibility index (Phi) is 4.72. The summed E-state index contributed by atoms with van der Waals surface area (Å²) in [6.07, 6.45) is 0. The molecule has 0 spiro atoms. The summed E-state index contributed by atoms with van der Waals surface area (Å²) in [5, 5.41) is 11.4. The fourth-order valence-corrected chi connectivity index (χ4v) is 3.61. The number of aliphatic hydroxyl groups excluding tert-OH is 1. The van der Waals surface area contributed by atoms with Gasteiger partial charge in [0, 0.05) is 16.3 Å². The van der Waals surface area contributed by atoms with Gasteiger partial charge in [0.05, 0.1) is 11.6 Å². The molecule has 1 aliphatic rings. The van der Waals surface area contributed by atoms with Gasteiger partial charge in [-0.05, 0) is 23.8 Å². The van der Waals surface area contributed by atoms with Crippen LogP contribution in [0.5, 0.6) is 0 Å². The average molecular weight is 390 g/mol. The summed E-state index contributed by atoms with van der Waals surface area (Å²) >= 11 is 6.11. The van der Waals surface area contributed by atoms with Gasteiger partial charge in [0.15, 0.2) is 0 Å². The summed E-state index contributed by atoms with van der Waals surface area (Å²) in [4.78, 5) is 27.3. The molecule has 28 heavy (non-hydrogen) atoms. The van der Waals surface area contributed by atoms with Crippen molar-refractivity contribution in [3.8, 4) is 0 Å². The molecule has 1 saturated heterocycles. The number of rotatable bonds is 3.